The number of hydrogen-bond acceptors (Lipinski definition) is 3. The molecule has 2 aromatic rings. The molecule has 21 heavy (non-hydrogen) atoms. The Morgan fingerprint density at radius 1 is 1.10 bits per heavy atom. The average molecular weight is 300 g/mol. The molecule has 1 aliphatic heterocycles. The van der Waals surface area contributed by atoms with E-state index in [9.17, 15) is 0 Å². The van der Waals surface area contributed by atoms with Crippen LogP contribution in [0.3, 0.4) is 0 Å². The van der Waals surface area contributed by atoms with Crippen molar-refractivity contribution in [3.63, 3.8) is 0 Å². The van der Waals surface area contributed by atoms with E-state index in [1.807, 2.05) is 11.3 Å². The Balaban J connectivity index is 1.54. The van der Waals surface area contributed by atoms with E-state index in [0.717, 1.165) is 6.54 Å². The molecule has 1 saturated heterocycles. The highest BCUT2D eigenvalue weighted by Gasteiger charge is 2.10. The van der Waals surface area contributed by atoms with Gasteiger partial charge >= 0.3 is 0 Å². The summed E-state index contributed by atoms with van der Waals surface area (Å²) < 4.78 is 0. The van der Waals surface area contributed by atoms with Gasteiger partial charge in [-0.05, 0) is 55.3 Å². The van der Waals surface area contributed by atoms with Crippen molar-refractivity contribution in [2.75, 3.05) is 18.0 Å². The highest BCUT2D eigenvalue weighted by atomic mass is 32.1. The Bertz CT molecular complexity index is 527. The largest absolute Gasteiger partial charge is 0.372 e. The van der Waals surface area contributed by atoms with Crippen molar-refractivity contribution in [2.24, 2.45) is 0 Å². The Morgan fingerprint density at radius 2 is 1.86 bits per heavy atom. The molecule has 1 aromatic carbocycles. The summed E-state index contributed by atoms with van der Waals surface area (Å²) in [5, 5.41) is 5.74. The predicted octanol–water partition coefficient (Wildman–Crippen LogP) is 4.59. The van der Waals surface area contributed by atoms with Crippen LogP contribution in [-0.4, -0.2) is 13.1 Å². The van der Waals surface area contributed by atoms with Gasteiger partial charge < -0.3 is 10.2 Å². The van der Waals surface area contributed by atoms with Crippen LogP contribution in [0.2, 0.25) is 0 Å². The molecule has 0 saturated carbocycles. The first-order valence-electron chi connectivity index (χ1n) is 7.93. The van der Waals surface area contributed by atoms with Gasteiger partial charge in [-0.3, -0.25) is 0 Å². The van der Waals surface area contributed by atoms with E-state index in [1.54, 1.807) is 0 Å². The monoisotopic (exact) mass is 300 g/mol. The molecule has 0 radical (unpaired) electrons. The topological polar surface area (TPSA) is 15.3 Å². The Hall–Kier alpha value is -1.32. The van der Waals surface area contributed by atoms with Gasteiger partial charge in [0.15, 0.2) is 0 Å². The first kappa shape index (κ1) is 14.6. The number of piperidine rings is 1. The third-order valence-electron chi connectivity index (χ3n) is 4.24. The molecule has 2 nitrogen and oxygen atoms in total. The molecular weight excluding hydrogens is 276 g/mol. The second kappa shape index (κ2) is 7.10. The highest BCUT2D eigenvalue weighted by molar-refractivity contribution is 7.10. The van der Waals surface area contributed by atoms with E-state index in [0.29, 0.717) is 6.04 Å². The third-order valence-corrected chi connectivity index (χ3v) is 5.29. The van der Waals surface area contributed by atoms with E-state index in [1.165, 1.54) is 48.5 Å². The number of rotatable bonds is 5. The Kier molecular flexibility index (Phi) is 4.94. The highest BCUT2D eigenvalue weighted by Crippen LogP contribution is 2.21. The van der Waals surface area contributed by atoms with Gasteiger partial charge in [-0.25, -0.2) is 0 Å². The van der Waals surface area contributed by atoms with Crippen LogP contribution in [0.4, 0.5) is 5.69 Å². The number of nitrogens with one attached hydrogen (secondary N) is 1. The zero-order chi connectivity index (χ0) is 14.5. The normalized spacial score (nSPS) is 16.9. The van der Waals surface area contributed by atoms with Crippen LogP contribution >= 0.6 is 11.3 Å². The summed E-state index contributed by atoms with van der Waals surface area (Å²) in [6, 6.07) is 13.8. The van der Waals surface area contributed by atoms with Crippen molar-refractivity contribution in [2.45, 2.75) is 38.8 Å². The zero-order valence-corrected chi connectivity index (χ0v) is 13.5. The fraction of sp³-hybridized carbons (Fsp3) is 0.444. The Morgan fingerprint density at radius 3 is 2.52 bits per heavy atom. The minimum atomic E-state index is 0.423. The smallest absolute Gasteiger partial charge is 0.0388 e. The molecule has 112 valence electrons. The van der Waals surface area contributed by atoms with Gasteiger partial charge in [0.25, 0.3) is 0 Å². The maximum absolute atomic E-state index is 3.60. The van der Waals surface area contributed by atoms with E-state index in [2.05, 4.69) is 58.9 Å². The molecule has 1 N–H and O–H groups in total. The van der Waals surface area contributed by atoms with Crippen molar-refractivity contribution in [1.29, 1.82) is 0 Å². The number of anilines is 1. The number of thiophene rings is 1. The molecule has 1 aromatic heterocycles. The Labute approximate surface area is 131 Å². The molecule has 0 amide bonds. The lowest BCUT2D eigenvalue weighted by Gasteiger charge is -2.28. The first-order chi connectivity index (χ1) is 10.3. The van der Waals surface area contributed by atoms with Crippen LogP contribution in [0, 0.1) is 0 Å². The first-order valence-corrected chi connectivity index (χ1v) is 8.81. The molecule has 2 heterocycles. The number of hydrogen-bond donors (Lipinski definition) is 1. The van der Waals surface area contributed by atoms with E-state index < -0.39 is 0 Å². The van der Waals surface area contributed by atoms with Crippen LogP contribution in [0.25, 0.3) is 0 Å². The second-order valence-electron chi connectivity index (χ2n) is 5.83. The number of benzene rings is 1. The summed E-state index contributed by atoms with van der Waals surface area (Å²) in [5.74, 6) is 0. The SMILES string of the molecule is C[C@@H](NCc1ccc(N2CCCCC2)cc1)c1cccs1. The molecule has 1 fully saturated rings. The third kappa shape index (κ3) is 3.86. The maximum atomic E-state index is 3.60. The minimum Gasteiger partial charge on any atom is -0.372 e. The minimum absolute atomic E-state index is 0.423. The van der Waals surface area contributed by atoms with Crippen LogP contribution in [0.5, 0.6) is 0 Å². The van der Waals surface area contributed by atoms with Crippen molar-refractivity contribution in [1.82, 2.24) is 5.32 Å². The fourth-order valence-corrected chi connectivity index (χ4v) is 3.64. The summed E-state index contributed by atoms with van der Waals surface area (Å²) >= 11 is 1.82. The standard InChI is InChI=1S/C18H24N2S/c1-15(18-6-5-13-21-18)19-14-16-7-9-17(10-8-16)20-11-3-2-4-12-20/h5-10,13,15,19H,2-4,11-12,14H2,1H3/t15-/m1/s1. The van der Waals surface area contributed by atoms with Crippen LogP contribution in [0.15, 0.2) is 41.8 Å². The van der Waals surface area contributed by atoms with Gasteiger partial charge in [-0.1, -0.05) is 18.2 Å². The van der Waals surface area contributed by atoms with E-state index in [4.69, 9.17) is 0 Å². The molecule has 0 unspecified atom stereocenters. The summed E-state index contributed by atoms with van der Waals surface area (Å²) in [6.45, 7) is 5.59. The summed E-state index contributed by atoms with van der Waals surface area (Å²) in [4.78, 5) is 3.91. The van der Waals surface area contributed by atoms with E-state index in [-0.39, 0.29) is 0 Å². The molecular formula is C18H24N2S. The second-order valence-corrected chi connectivity index (χ2v) is 6.81. The molecule has 1 atom stereocenters. The quantitative estimate of drug-likeness (QED) is 0.869. The van der Waals surface area contributed by atoms with Crippen LogP contribution in [-0.2, 0) is 6.54 Å². The van der Waals surface area contributed by atoms with Gasteiger partial charge in [-0.2, -0.15) is 0 Å². The lowest BCUT2D eigenvalue weighted by molar-refractivity contribution is 0.576. The summed E-state index contributed by atoms with van der Waals surface area (Å²) in [5.41, 5.74) is 2.74. The van der Waals surface area contributed by atoms with Crippen LogP contribution < -0.4 is 10.2 Å². The van der Waals surface area contributed by atoms with Gasteiger partial charge in [0.2, 0.25) is 0 Å². The lowest BCUT2D eigenvalue weighted by Crippen LogP contribution is -2.29. The summed E-state index contributed by atoms with van der Waals surface area (Å²) in [6.07, 6.45) is 4.06. The molecule has 0 spiro atoms. The van der Waals surface area contributed by atoms with Crippen molar-refractivity contribution < 1.29 is 0 Å². The van der Waals surface area contributed by atoms with Crippen molar-refractivity contribution in [3.8, 4) is 0 Å². The van der Waals surface area contributed by atoms with Gasteiger partial charge in [0.1, 0.15) is 0 Å². The molecule has 1 aliphatic rings. The number of nitrogens with zero attached hydrogens (tertiary/aromatic N) is 1. The zero-order valence-electron chi connectivity index (χ0n) is 12.7. The maximum Gasteiger partial charge on any atom is 0.0388 e. The van der Waals surface area contributed by atoms with Gasteiger partial charge in [-0.15, -0.1) is 11.3 Å². The molecule has 0 bridgehead atoms. The molecule has 3 heteroatoms. The fourth-order valence-electron chi connectivity index (χ4n) is 2.89. The predicted molar refractivity (Wildman–Crippen MR) is 92.1 cm³/mol. The summed E-state index contributed by atoms with van der Waals surface area (Å²) in [7, 11) is 0. The van der Waals surface area contributed by atoms with Crippen LogP contribution in [0.1, 0.15) is 42.7 Å². The van der Waals surface area contributed by atoms with Crippen molar-refractivity contribution >= 4 is 17.0 Å². The van der Waals surface area contributed by atoms with Gasteiger partial charge in [0.05, 0.1) is 0 Å². The van der Waals surface area contributed by atoms with Crippen molar-refractivity contribution in [3.05, 3.63) is 52.2 Å². The molecule has 0 aliphatic carbocycles. The molecule has 3 rings (SSSR count). The average Bonchev–Trinajstić information content (AvgIpc) is 3.08. The van der Waals surface area contributed by atoms with Gasteiger partial charge in [0, 0.05) is 36.2 Å². The lowest BCUT2D eigenvalue weighted by atomic mass is 10.1. The van der Waals surface area contributed by atoms with E-state index >= 15 is 0 Å².